The fraction of sp³-hybridized carbons (Fsp3) is 0.308. The summed E-state index contributed by atoms with van der Waals surface area (Å²) in [6.45, 7) is 1.26. The standard InChI is InChI=1S/C26H27ClF2N2O4S/c1-34-25-9-7-20(16-26(25)35-2)36(32,33)31(19-10-12-30-13-11-19)24-8-6-18(27)14-17(24)15-21-22(28)4-3-5-23(21)29/h3-9,14,16,19,30H,10-13,15H2,1-2H3. The van der Waals surface area contributed by atoms with Gasteiger partial charge in [0, 0.05) is 29.1 Å². The van der Waals surface area contributed by atoms with E-state index in [1.165, 1.54) is 54.9 Å². The van der Waals surface area contributed by atoms with Crippen LogP contribution in [0.2, 0.25) is 5.02 Å². The van der Waals surface area contributed by atoms with Gasteiger partial charge in [0.05, 0.1) is 24.8 Å². The number of benzene rings is 3. The van der Waals surface area contributed by atoms with E-state index in [1.807, 2.05) is 0 Å². The smallest absolute Gasteiger partial charge is 0.264 e. The van der Waals surface area contributed by atoms with Crippen molar-refractivity contribution in [2.75, 3.05) is 31.6 Å². The number of hydrogen-bond donors (Lipinski definition) is 1. The molecule has 0 unspecified atom stereocenters. The van der Waals surface area contributed by atoms with E-state index in [4.69, 9.17) is 21.1 Å². The zero-order chi connectivity index (χ0) is 25.9. The van der Waals surface area contributed by atoms with Crippen molar-refractivity contribution in [3.05, 3.63) is 82.4 Å². The molecule has 3 aromatic rings. The van der Waals surface area contributed by atoms with Crippen LogP contribution in [0.25, 0.3) is 0 Å². The second-order valence-electron chi connectivity index (χ2n) is 8.45. The molecular formula is C26H27ClF2N2O4S. The molecular weight excluding hydrogens is 510 g/mol. The van der Waals surface area contributed by atoms with Gasteiger partial charge in [-0.25, -0.2) is 17.2 Å². The SMILES string of the molecule is COc1ccc(S(=O)(=O)N(c2ccc(Cl)cc2Cc2c(F)cccc2F)C2CCNCC2)cc1OC. The largest absolute Gasteiger partial charge is 0.493 e. The molecule has 4 rings (SSSR count). The molecule has 0 aromatic heterocycles. The number of nitrogens with zero attached hydrogens (tertiary/aromatic N) is 1. The van der Waals surface area contributed by atoms with Crippen molar-refractivity contribution < 1.29 is 26.7 Å². The van der Waals surface area contributed by atoms with Crippen molar-refractivity contribution in [2.24, 2.45) is 0 Å². The molecule has 1 aliphatic rings. The van der Waals surface area contributed by atoms with Crippen LogP contribution in [0.1, 0.15) is 24.0 Å². The van der Waals surface area contributed by atoms with Gasteiger partial charge in [0.25, 0.3) is 10.0 Å². The van der Waals surface area contributed by atoms with Gasteiger partial charge in [-0.3, -0.25) is 4.31 Å². The number of rotatable bonds is 8. The van der Waals surface area contributed by atoms with Crippen LogP contribution in [-0.2, 0) is 16.4 Å². The fourth-order valence-electron chi connectivity index (χ4n) is 4.46. The van der Waals surface area contributed by atoms with Crippen molar-refractivity contribution in [3.8, 4) is 11.5 Å². The third kappa shape index (κ3) is 5.28. The first-order chi connectivity index (χ1) is 17.3. The lowest BCUT2D eigenvalue weighted by molar-refractivity contribution is 0.354. The molecule has 1 N–H and O–H groups in total. The van der Waals surface area contributed by atoms with Crippen molar-refractivity contribution in [2.45, 2.75) is 30.2 Å². The zero-order valence-electron chi connectivity index (χ0n) is 19.9. The maximum Gasteiger partial charge on any atom is 0.264 e. The summed E-state index contributed by atoms with van der Waals surface area (Å²) < 4.78 is 69.3. The number of sulfonamides is 1. The Bertz CT molecular complexity index is 1330. The predicted molar refractivity (Wildman–Crippen MR) is 136 cm³/mol. The van der Waals surface area contributed by atoms with E-state index in [2.05, 4.69) is 5.32 Å². The number of halogens is 3. The highest BCUT2D eigenvalue weighted by Crippen LogP contribution is 2.37. The molecule has 0 spiro atoms. The summed E-state index contributed by atoms with van der Waals surface area (Å²) in [6, 6.07) is 12.4. The summed E-state index contributed by atoms with van der Waals surface area (Å²) in [5, 5.41) is 3.58. The Morgan fingerprint density at radius 3 is 2.28 bits per heavy atom. The van der Waals surface area contributed by atoms with Crippen LogP contribution in [0.15, 0.2) is 59.5 Å². The van der Waals surface area contributed by atoms with E-state index in [9.17, 15) is 17.2 Å². The molecule has 1 aliphatic heterocycles. The number of piperidine rings is 1. The molecule has 0 aliphatic carbocycles. The third-order valence-electron chi connectivity index (χ3n) is 6.26. The molecule has 0 saturated carbocycles. The molecule has 0 radical (unpaired) electrons. The first-order valence-electron chi connectivity index (χ1n) is 11.4. The highest BCUT2D eigenvalue weighted by molar-refractivity contribution is 7.92. The van der Waals surface area contributed by atoms with Gasteiger partial charge in [-0.2, -0.15) is 0 Å². The molecule has 3 aromatic carbocycles. The summed E-state index contributed by atoms with van der Waals surface area (Å²) in [7, 11) is -1.22. The molecule has 0 atom stereocenters. The third-order valence-corrected chi connectivity index (χ3v) is 8.36. The van der Waals surface area contributed by atoms with E-state index in [1.54, 1.807) is 18.2 Å². The summed E-state index contributed by atoms with van der Waals surface area (Å²) >= 11 is 6.26. The van der Waals surface area contributed by atoms with Crippen LogP contribution in [0.4, 0.5) is 14.5 Å². The van der Waals surface area contributed by atoms with Gasteiger partial charge >= 0.3 is 0 Å². The van der Waals surface area contributed by atoms with Crippen LogP contribution < -0.4 is 19.1 Å². The molecule has 36 heavy (non-hydrogen) atoms. The quantitative estimate of drug-likeness (QED) is 0.430. The predicted octanol–water partition coefficient (Wildman–Crippen LogP) is 5.17. The van der Waals surface area contributed by atoms with Gasteiger partial charge in [-0.15, -0.1) is 0 Å². The Morgan fingerprint density at radius 2 is 1.64 bits per heavy atom. The van der Waals surface area contributed by atoms with Gasteiger partial charge in [0.1, 0.15) is 11.6 Å². The van der Waals surface area contributed by atoms with E-state index < -0.39 is 21.7 Å². The summed E-state index contributed by atoms with van der Waals surface area (Å²) in [5.41, 5.74) is 0.563. The number of nitrogens with one attached hydrogen (secondary N) is 1. The minimum absolute atomic E-state index is 0.0108. The molecule has 1 fully saturated rings. The summed E-state index contributed by atoms with van der Waals surface area (Å²) in [6.07, 6.45) is 0.947. The molecule has 10 heteroatoms. The highest BCUT2D eigenvalue weighted by atomic mass is 35.5. The van der Waals surface area contributed by atoms with Gasteiger partial charge in [-0.1, -0.05) is 17.7 Å². The average Bonchev–Trinajstić information content (AvgIpc) is 2.87. The van der Waals surface area contributed by atoms with Crippen molar-refractivity contribution in [1.82, 2.24) is 5.32 Å². The lowest BCUT2D eigenvalue weighted by Gasteiger charge is -2.36. The second kappa shape index (κ2) is 11.0. The van der Waals surface area contributed by atoms with Crippen LogP contribution in [0.5, 0.6) is 11.5 Å². The van der Waals surface area contributed by atoms with Gasteiger partial charge in [-0.05, 0) is 74.0 Å². The monoisotopic (exact) mass is 536 g/mol. The van der Waals surface area contributed by atoms with E-state index in [0.29, 0.717) is 48.0 Å². The lowest BCUT2D eigenvalue weighted by atomic mass is 10.00. The number of ether oxygens (including phenoxy) is 2. The Labute approximate surface area is 214 Å². The van der Waals surface area contributed by atoms with Crippen molar-refractivity contribution >= 4 is 27.3 Å². The maximum atomic E-state index is 14.5. The molecule has 192 valence electrons. The van der Waals surface area contributed by atoms with Crippen molar-refractivity contribution in [1.29, 1.82) is 0 Å². The fourth-order valence-corrected chi connectivity index (χ4v) is 6.41. The van der Waals surface area contributed by atoms with Crippen LogP contribution >= 0.6 is 11.6 Å². The van der Waals surface area contributed by atoms with Gasteiger partial charge < -0.3 is 14.8 Å². The lowest BCUT2D eigenvalue weighted by Crippen LogP contribution is -2.46. The first kappa shape index (κ1) is 26.2. The Hall–Kier alpha value is -2.88. The molecule has 0 bridgehead atoms. The number of hydrogen-bond acceptors (Lipinski definition) is 5. The first-order valence-corrected chi connectivity index (χ1v) is 13.3. The van der Waals surface area contributed by atoms with Crippen LogP contribution in [-0.4, -0.2) is 41.8 Å². The zero-order valence-corrected chi connectivity index (χ0v) is 21.5. The van der Waals surface area contributed by atoms with E-state index in [-0.39, 0.29) is 28.7 Å². The van der Waals surface area contributed by atoms with Crippen LogP contribution in [0, 0.1) is 11.6 Å². The molecule has 6 nitrogen and oxygen atoms in total. The number of methoxy groups -OCH3 is 2. The molecule has 1 saturated heterocycles. The Kier molecular flexibility index (Phi) is 8.02. The van der Waals surface area contributed by atoms with Gasteiger partial charge in [0.2, 0.25) is 0 Å². The summed E-state index contributed by atoms with van der Waals surface area (Å²) in [4.78, 5) is 0.0108. The van der Waals surface area contributed by atoms with Crippen LogP contribution in [0.3, 0.4) is 0 Å². The molecule has 1 heterocycles. The Balaban J connectivity index is 1.88. The minimum atomic E-state index is -4.12. The molecule has 0 amide bonds. The number of anilines is 1. The Morgan fingerprint density at radius 1 is 0.972 bits per heavy atom. The van der Waals surface area contributed by atoms with Crippen molar-refractivity contribution in [3.63, 3.8) is 0 Å². The normalized spacial score (nSPS) is 14.5. The average molecular weight is 537 g/mol. The topological polar surface area (TPSA) is 67.9 Å². The summed E-state index contributed by atoms with van der Waals surface area (Å²) in [5.74, 6) is -0.755. The minimum Gasteiger partial charge on any atom is -0.493 e. The second-order valence-corrected chi connectivity index (χ2v) is 10.7. The van der Waals surface area contributed by atoms with E-state index >= 15 is 0 Å². The highest BCUT2D eigenvalue weighted by Gasteiger charge is 2.35. The van der Waals surface area contributed by atoms with Gasteiger partial charge in [0.15, 0.2) is 11.5 Å². The maximum absolute atomic E-state index is 14.5. The van der Waals surface area contributed by atoms with E-state index in [0.717, 1.165) is 0 Å².